The fraction of sp³-hybridized carbons (Fsp3) is 0.458. The number of hydrogen-bond donors (Lipinski definition) is 1. The number of hydrogen-bond acceptors (Lipinski definition) is 4. The molecule has 31 heavy (non-hydrogen) atoms. The average molecular weight is 447 g/mol. The second kappa shape index (κ2) is 11.2. The molecule has 2 aromatic rings. The Morgan fingerprint density at radius 1 is 1.10 bits per heavy atom. The van der Waals surface area contributed by atoms with Crippen LogP contribution in [-0.4, -0.2) is 39.8 Å². The van der Waals surface area contributed by atoms with Crippen molar-refractivity contribution in [1.29, 1.82) is 0 Å². The zero-order valence-corrected chi connectivity index (χ0v) is 20.0. The number of para-hydroxylation sites is 1. The fourth-order valence-electron chi connectivity index (χ4n) is 3.54. The van der Waals surface area contributed by atoms with Crippen molar-refractivity contribution in [2.75, 3.05) is 23.7 Å². The van der Waals surface area contributed by atoms with Gasteiger partial charge in [0.2, 0.25) is 15.9 Å². The lowest BCUT2D eigenvalue weighted by atomic mass is 10.1. The maximum Gasteiger partial charge on any atom is 0.243 e. The molecule has 0 aliphatic carbocycles. The molecule has 0 radical (unpaired) electrons. The highest BCUT2D eigenvalue weighted by molar-refractivity contribution is 7.92. The third-order valence-corrected chi connectivity index (χ3v) is 6.45. The van der Waals surface area contributed by atoms with Gasteiger partial charge in [-0.3, -0.25) is 9.10 Å². The molecule has 0 aromatic heterocycles. The molecule has 0 spiro atoms. The molecule has 0 heterocycles. The summed E-state index contributed by atoms with van der Waals surface area (Å²) in [5.41, 5.74) is 3.66. The number of rotatable bonds is 11. The second-order valence-corrected chi connectivity index (χ2v) is 9.55. The van der Waals surface area contributed by atoms with Crippen LogP contribution in [0.15, 0.2) is 42.5 Å². The highest BCUT2D eigenvalue weighted by Gasteiger charge is 2.31. The van der Waals surface area contributed by atoms with Crippen molar-refractivity contribution >= 4 is 21.6 Å². The Balaban J connectivity index is 2.08. The van der Waals surface area contributed by atoms with Crippen molar-refractivity contribution in [3.8, 4) is 5.75 Å². The van der Waals surface area contributed by atoms with E-state index < -0.39 is 16.1 Å². The summed E-state index contributed by atoms with van der Waals surface area (Å²) >= 11 is 0. The van der Waals surface area contributed by atoms with Gasteiger partial charge in [0.15, 0.2) is 0 Å². The molecule has 0 unspecified atom stereocenters. The maximum atomic E-state index is 12.9. The van der Waals surface area contributed by atoms with Crippen molar-refractivity contribution in [3.05, 3.63) is 59.2 Å². The van der Waals surface area contributed by atoms with Crippen molar-refractivity contribution in [2.24, 2.45) is 0 Å². The molecule has 0 bridgehead atoms. The van der Waals surface area contributed by atoms with Gasteiger partial charge in [0.25, 0.3) is 0 Å². The van der Waals surface area contributed by atoms with E-state index in [0.717, 1.165) is 41.5 Å². The van der Waals surface area contributed by atoms with Crippen LogP contribution < -0.4 is 14.4 Å². The van der Waals surface area contributed by atoms with Gasteiger partial charge in [-0.05, 0) is 74.9 Å². The average Bonchev–Trinajstić information content (AvgIpc) is 2.71. The molecule has 1 atom stereocenters. The Bertz CT molecular complexity index is 989. The summed E-state index contributed by atoms with van der Waals surface area (Å²) in [6, 6.07) is 12.5. The van der Waals surface area contributed by atoms with E-state index in [0.29, 0.717) is 25.3 Å². The number of carbonyl (C=O) groups excluding carboxylic acids is 1. The number of benzene rings is 2. The summed E-state index contributed by atoms with van der Waals surface area (Å²) in [6.45, 7) is 8.73. The van der Waals surface area contributed by atoms with E-state index in [2.05, 4.69) is 5.32 Å². The molecule has 0 aliphatic rings. The van der Waals surface area contributed by atoms with Gasteiger partial charge in [-0.25, -0.2) is 8.42 Å². The quantitative estimate of drug-likeness (QED) is 0.530. The molecule has 0 saturated carbocycles. The van der Waals surface area contributed by atoms with Gasteiger partial charge in [-0.1, -0.05) is 31.2 Å². The Kier molecular flexibility index (Phi) is 8.92. The molecule has 0 fully saturated rings. The Morgan fingerprint density at radius 2 is 1.81 bits per heavy atom. The van der Waals surface area contributed by atoms with Crippen LogP contribution in [-0.2, 0) is 21.2 Å². The minimum Gasteiger partial charge on any atom is -0.494 e. The van der Waals surface area contributed by atoms with Crippen LogP contribution in [0.1, 0.15) is 43.4 Å². The molecule has 170 valence electrons. The van der Waals surface area contributed by atoms with Gasteiger partial charge in [0, 0.05) is 6.54 Å². The van der Waals surface area contributed by atoms with Gasteiger partial charge in [0.05, 0.1) is 18.6 Å². The SMILES string of the molecule is CCOc1ccccc1CCCNC(=O)[C@H](CC)N(c1ccc(C)c(C)c1)S(C)(=O)=O. The van der Waals surface area contributed by atoms with Gasteiger partial charge in [-0.15, -0.1) is 0 Å². The van der Waals surface area contributed by atoms with Gasteiger partial charge in [-0.2, -0.15) is 0 Å². The normalized spacial score (nSPS) is 12.3. The standard InChI is InChI=1S/C24H34N2O4S/c1-6-22(26(31(5,28)29)21-15-14-18(3)19(4)17-21)24(27)25-16-10-12-20-11-8-9-13-23(20)30-7-2/h8-9,11,13-15,17,22H,6-7,10,12,16H2,1-5H3,(H,25,27)/t22-/m0/s1. The third-order valence-electron chi connectivity index (χ3n) is 5.27. The zero-order chi connectivity index (χ0) is 23.0. The number of ether oxygens (including phenoxy) is 1. The van der Waals surface area contributed by atoms with Crippen molar-refractivity contribution in [2.45, 2.75) is 53.0 Å². The first kappa shape index (κ1) is 24.7. The summed E-state index contributed by atoms with van der Waals surface area (Å²) in [7, 11) is -3.63. The van der Waals surface area contributed by atoms with E-state index in [1.165, 1.54) is 4.31 Å². The number of anilines is 1. The van der Waals surface area contributed by atoms with Gasteiger partial charge in [0.1, 0.15) is 11.8 Å². The molecule has 2 rings (SSSR count). The Morgan fingerprint density at radius 3 is 2.42 bits per heavy atom. The molecule has 0 aliphatic heterocycles. The Labute approximate surface area is 186 Å². The van der Waals surface area contributed by atoms with Gasteiger partial charge < -0.3 is 10.1 Å². The lowest BCUT2D eigenvalue weighted by Crippen LogP contribution is -2.49. The summed E-state index contributed by atoms with van der Waals surface area (Å²) in [4.78, 5) is 12.9. The Hall–Kier alpha value is -2.54. The molecule has 1 N–H and O–H groups in total. The van der Waals surface area contributed by atoms with E-state index in [-0.39, 0.29) is 5.91 Å². The largest absolute Gasteiger partial charge is 0.494 e. The molecule has 7 heteroatoms. The number of amides is 1. The van der Waals surface area contributed by atoms with Crippen LogP contribution in [0.4, 0.5) is 5.69 Å². The van der Waals surface area contributed by atoms with E-state index in [9.17, 15) is 13.2 Å². The topological polar surface area (TPSA) is 75.7 Å². The van der Waals surface area contributed by atoms with Crippen LogP contribution in [0, 0.1) is 13.8 Å². The lowest BCUT2D eigenvalue weighted by Gasteiger charge is -2.30. The summed E-state index contributed by atoms with van der Waals surface area (Å²) in [5.74, 6) is 0.574. The number of nitrogens with zero attached hydrogens (tertiary/aromatic N) is 1. The first-order valence-electron chi connectivity index (χ1n) is 10.7. The van der Waals surface area contributed by atoms with E-state index in [4.69, 9.17) is 4.74 Å². The molecule has 0 saturated heterocycles. The highest BCUT2D eigenvalue weighted by atomic mass is 32.2. The van der Waals surface area contributed by atoms with Crippen LogP contribution in [0.5, 0.6) is 5.75 Å². The monoisotopic (exact) mass is 446 g/mol. The molecule has 1 amide bonds. The molecular formula is C24H34N2O4S. The van der Waals surface area contributed by atoms with E-state index >= 15 is 0 Å². The smallest absolute Gasteiger partial charge is 0.243 e. The van der Waals surface area contributed by atoms with E-state index in [1.54, 1.807) is 6.07 Å². The van der Waals surface area contributed by atoms with Crippen molar-refractivity contribution < 1.29 is 17.9 Å². The maximum absolute atomic E-state index is 12.9. The number of aryl methyl sites for hydroxylation is 3. The minimum atomic E-state index is -3.63. The molecule has 2 aromatic carbocycles. The third kappa shape index (κ3) is 6.72. The first-order chi connectivity index (χ1) is 14.7. The number of nitrogens with one attached hydrogen (secondary N) is 1. The molecular weight excluding hydrogens is 412 g/mol. The van der Waals surface area contributed by atoms with Crippen molar-refractivity contribution in [3.63, 3.8) is 0 Å². The van der Waals surface area contributed by atoms with Crippen LogP contribution in [0.25, 0.3) is 0 Å². The summed E-state index contributed by atoms with van der Waals surface area (Å²) in [5, 5.41) is 2.92. The lowest BCUT2D eigenvalue weighted by molar-refractivity contribution is -0.122. The predicted octanol–water partition coefficient (Wildman–Crippen LogP) is 4.00. The second-order valence-electron chi connectivity index (χ2n) is 7.69. The summed E-state index contributed by atoms with van der Waals surface area (Å²) < 4.78 is 32.0. The van der Waals surface area contributed by atoms with E-state index in [1.807, 2.05) is 64.1 Å². The van der Waals surface area contributed by atoms with Crippen LogP contribution >= 0.6 is 0 Å². The first-order valence-corrected chi connectivity index (χ1v) is 12.6. The summed E-state index contributed by atoms with van der Waals surface area (Å²) in [6.07, 6.45) is 3.01. The molecule has 6 nitrogen and oxygen atoms in total. The number of sulfonamides is 1. The predicted molar refractivity (Wildman–Crippen MR) is 126 cm³/mol. The minimum absolute atomic E-state index is 0.288. The van der Waals surface area contributed by atoms with Crippen LogP contribution in [0.2, 0.25) is 0 Å². The highest BCUT2D eigenvalue weighted by Crippen LogP contribution is 2.25. The fourth-order valence-corrected chi connectivity index (χ4v) is 4.74. The van der Waals surface area contributed by atoms with Crippen molar-refractivity contribution in [1.82, 2.24) is 5.32 Å². The number of carbonyl (C=O) groups is 1. The van der Waals surface area contributed by atoms with Crippen LogP contribution in [0.3, 0.4) is 0 Å². The zero-order valence-electron chi connectivity index (χ0n) is 19.1. The van der Waals surface area contributed by atoms with Gasteiger partial charge >= 0.3 is 0 Å².